The molecule has 8 heteroatoms. The number of halogens is 1. The summed E-state index contributed by atoms with van der Waals surface area (Å²) in [6.07, 6.45) is 3.39. The second-order valence-electron chi connectivity index (χ2n) is 5.81. The second-order valence-corrected chi connectivity index (χ2v) is 8.08. The van der Waals surface area contributed by atoms with Crippen molar-refractivity contribution in [2.75, 3.05) is 18.0 Å². The molecule has 1 aromatic rings. The minimum atomic E-state index is -3.33. The fraction of sp³-hybridized carbons (Fsp3) is 0.714. The van der Waals surface area contributed by atoms with Crippen LogP contribution in [-0.4, -0.2) is 42.8 Å². The van der Waals surface area contributed by atoms with Gasteiger partial charge in [0.05, 0.1) is 10.9 Å². The van der Waals surface area contributed by atoms with Crippen LogP contribution in [0.1, 0.15) is 39.3 Å². The quantitative estimate of drug-likeness (QED) is 0.885. The molecule has 0 radical (unpaired) electrons. The van der Waals surface area contributed by atoms with E-state index < -0.39 is 21.1 Å². The Kier molecular flexibility index (Phi) is 5.33. The zero-order valence-electron chi connectivity index (χ0n) is 13.2. The van der Waals surface area contributed by atoms with E-state index >= 15 is 0 Å². The minimum Gasteiger partial charge on any atom is -0.352 e. The van der Waals surface area contributed by atoms with Gasteiger partial charge in [0.1, 0.15) is 6.33 Å². The molecule has 22 heavy (non-hydrogen) atoms. The third kappa shape index (κ3) is 3.73. The lowest BCUT2D eigenvalue weighted by atomic mass is 10.1. The highest BCUT2D eigenvalue weighted by atomic mass is 32.2. The molecule has 2 heterocycles. The molecule has 1 saturated heterocycles. The maximum Gasteiger partial charge on any atom is 0.214 e. The highest BCUT2D eigenvalue weighted by molar-refractivity contribution is 7.90. The maximum absolute atomic E-state index is 14.3. The number of aromatic nitrogens is 2. The number of piperidine rings is 1. The fourth-order valence-corrected chi connectivity index (χ4v) is 3.43. The smallest absolute Gasteiger partial charge is 0.214 e. The SMILES string of the molecule is CCc1ncnc(N2CCCC(NS(=O)(=O)C(C)C)C2)c1F. The lowest BCUT2D eigenvalue weighted by Crippen LogP contribution is -2.49. The van der Waals surface area contributed by atoms with Crippen LogP contribution in [0.3, 0.4) is 0 Å². The van der Waals surface area contributed by atoms with Crippen LogP contribution in [0.2, 0.25) is 0 Å². The van der Waals surface area contributed by atoms with Crippen molar-refractivity contribution in [1.82, 2.24) is 14.7 Å². The zero-order valence-corrected chi connectivity index (χ0v) is 14.0. The topological polar surface area (TPSA) is 75.2 Å². The molecule has 1 aromatic heterocycles. The van der Waals surface area contributed by atoms with Gasteiger partial charge in [-0.05, 0) is 33.1 Å². The van der Waals surface area contributed by atoms with Crippen molar-refractivity contribution in [1.29, 1.82) is 0 Å². The fourth-order valence-electron chi connectivity index (χ4n) is 2.50. The Morgan fingerprint density at radius 3 is 2.82 bits per heavy atom. The first-order valence-corrected chi connectivity index (χ1v) is 9.15. The van der Waals surface area contributed by atoms with E-state index in [-0.39, 0.29) is 11.9 Å². The van der Waals surface area contributed by atoms with Gasteiger partial charge in [0.15, 0.2) is 11.6 Å². The van der Waals surface area contributed by atoms with Crippen molar-refractivity contribution >= 4 is 15.8 Å². The number of nitrogens with one attached hydrogen (secondary N) is 1. The van der Waals surface area contributed by atoms with Gasteiger partial charge < -0.3 is 4.90 Å². The molecule has 0 aliphatic carbocycles. The molecule has 1 fully saturated rings. The largest absolute Gasteiger partial charge is 0.352 e. The van der Waals surface area contributed by atoms with Gasteiger partial charge >= 0.3 is 0 Å². The third-order valence-electron chi connectivity index (χ3n) is 3.85. The van der Waals surface area contributed by atoms with Crippen LogP contribution in [0.4, 0.5) is 10.2 Å². The van der Waals surface area contributed by atoms with Crippen LogP contribution in [0.5, 0.6) is 0 Å². The molecule has 0 spiro atoms. The van der Waals surface area contributed by atoms with E-state index in [9.17, 15) is 12.8 Å². The summed E-state index contributed by atoms with van der Waals surface area (Å²) in [6, 6.07) is -0.222. The standard InChI is InChI=1S/C14H23FN4O2S/c1-4-12-13(15)14(17-9-16-12)19-7-5-6-11(8-19)18-22(20,21)10(2)3/h9-11,18H,4-8H2,1-3H3. The first kappa shape index (κ1) is 17.1. The number of sulfonamides is 1. The van der Waals surface area contributed by atoms with Gasteiger partial charge in [-0.2, -0.15) is 0 Å². The Balaban J connectivity index is 2.14. The molecule has 2 rings (SSSR count). The Bertz CT molecular complexity index is 621. The molecule has 0 amide bonds. The van der Waals surface area contributed by atoms with Gasteiger partial charge in [-0.15, -0.1) is 0 Å². The van der Waals surface area contributed by atoms with E-state index in [2.05, 4.69) is 14.7 Å². The van der Waals surface area contributed by atoms with Crippen molar-refractivity contribution in [2.45, 2.75) is 51.3 Å². The van der Waals surface area contributed by atoms with Crippen LogP contribution >= 0.6 is 0 Å². The average molecular weight is 330 g/mol. The molecular weight excluding hydrogens is 307 g/mol. The summed E-state index contributed by atoms with van der Waals surface area (Å²) in [5.74, 6) is -0.141. The molecule has 1 aliphatic heterocycles. The van der Waals surface area contributed by atoms with E-state index in [1.807, 2.05) is 6.92 Å². The number of aryl methyl sites for hydroxylation is 1. The Labute approximate surface area is 131 Å². The summed E-state index contributed by atoms with van der Waals surface area (Å²) in [5, 5.41) is -0.481. The molecule has 6 nitrogen and oxygen atoms in total. The highest BCUT2D eigenvalue weighted by Crippen LogP contribution is 2.22. The molecule has 1 N–H and O–H groups in total. The lowest BCUT2D eigenvalue weighted by Gasteiger charge is -2.34. The van der Waals surface area contributed by atoms with Gasteiger partial charge in [0.25, 0.3) is 0 Å². The molecule has 0 aromatic carbocycles. The highest BCUT2D eigenvalue weighted by Gasteiger charge is 2.28. The predicted molar refractivity (Wildman–Crippen MR) is 83.8 cm³/mol. The minimum absolute atomic E-state index is 0.222. The molecule has 0 bridgehead atoms. The van der Waals surface area contributed by atoms with E-state index in [0.29, 0.717) is 25.2 Å². The average Bonchev–Trinajstić information content (AvgIpc) is 2.47. The first-order valence-electron chi connectivity index (χ1n) is 7.60. The summed E-state index contributed by atoms with van der Waals surface area (Å²) < 4.78 is 41.0. The van der Waals surface area contributed by atoms with Gasteiger partial charge in [-0.25, -0.2) is 27.5 Å². The van der Waals surface area contributed by atoms with Crippen LogP contribution in [0.15, 0.2) is 6.33 Å². The summed E-state index contributed by atoms with van der Waals surface area (Å²) in [5.41, 5.74) is 0.384. The van der Waals surface area contributed by atoms with Crippen LogP contribution in [0, 0.1) is 5.82 Å². The number of anilines is 1. The molecule has 1 unspecified atom stereocenters. The van der Waals surface area contributed by atoms with E-state index in [1.165, 1.54) is 6.33 Å². The molecule has 1 aliphatic rings. The molecule has 0 saturated carbocycles. The van der Waals surface area contributed by atoms with E-state index in [4.69, 9.17) is 0 Å². The van der Waals surface area contributed by atoms with Crippen molar-refractivity contribution < 1.29 is 12.8 Å². The van der Waals surface area contributed by atoms with Crippen molar-refractivity contribution in [3.05, 3.63) is 17.8 Å². The predicted octanol–water partition coefficient (Wildman–Crippen LogP) is 1.47. The first-order chi connectivity index (χ1) is 10.3. The number of hydrogen-bond acceptors (Lipinski definition) is 5. The zero-order chi connectivity index (χ0) is 16.3. The third-order valence-corrected chi connectivity index (χ3v) is 5.75. The molecule has 1 atom stereocenters. The number of rotatable bonds is 5. The number of nitrogens with zero attached hydrogens (tertiary/aromatic N) is 3. The monoisotopic (exact) mass is 330 g/mol. The Morgan fingerprint density at radius 1 is 1.45 bits per heavy atom. The normalized spacial score (nSPS) is 19.7. The van der Waals surface area contributed by atoms with Crippen molar-refractivity contribution in [3.8, 4) is 0 Å². The number of hydrogen-bond donors (Lipinski definition) is 1. The summed E-state index contributed by atoms with van der Waals surface area (Å²) in [7, 11) is -3.33. The van der Waals surface area contributed by atoms with Crippen molar-refractivity contribution in [2.24, 2.45) is 0 Å². The summed E-state index contributed by atoms with van der Waals surface area (Å²) in [4.78, 5) is 9.77. The maximum atomic E-state index is 14.3. The molecule has 124 valence electrons. The Hall–Kier alpha value is -1.28. The van der Waals surface area contributed by atoms with Crippen LogP contribution < -0.4 is 9.62 Å². The van der Waals surface area contributed by atoms with Gasteiger partial charge in [0.2, 0.25) is 10.0 Å². The Morgan fingerprint density at radius 2 is 2.18 bits per heavy atom. The van der Waals surface area contributed by atoms with Gasteiger partial charge in [0, 0.05) is 19.1 Å². The second kappa shape index (κ2) is 6.87. The summed E-state index contributed by atoms with van der Waals surface area (Å²) in [6.45, 7) is 6.20. The van der Waals surface area contributed by atoms with Gasteiger partial charge in [-0.3, -0.25) is 0 Å². The van der Waals surface area contributed by atoms with Crippen molar-refractivity contribution in [3.63, 3.8) is 0 Å². The van der Waals surface area contributed by atoms with E-state index in [0.717, 1.165) is 12.8 Å². The lowest BCUT2D eigenvalue weighted by molar-refractivity contribution is 0.455. The molecular formula is C14H23FN4O2S. The summed E-state index contributed by atoms with van der Waals surface area (Å²) >= 11 is 0. The van der Waals surface area contributed by atoms with Gasteiger partial charge in [-0.1, -0.05) is 6.92 Å². The van der Waals surface area contributed by atoms with Crippen LogP contribution in [0.25, 0.3) is 0 Å². The van der Waals surface area contributed by atoms with Crippen LogP contribution in [-0.2, 0) is 16.4 Å². The van der Waals surface area contributed by atoms with E-state index in [1.54, 1.807) is 18.7 Å².